The number of hydrogen-bond acceptors (Lipinski definition) is 4. The molecule has 3 heterocycles. The van der Waals surface area contributed by atoms with Crippen molar-refractivity contribution >= 4 is 55.7 Å². The van der Waals surface area contributed by atoms with Crippen molar-refractivity contribution < 1.29 is 4.42 Å². The summed E-state index contributed by atoms with van der Waals surface area (Å²) in [7, 11) is 0. The molecule has 5 heteroatoms. The second-order valence-corrected chi connectivity index (χ2v) is 15.2. The molecule has 288 valence electrons. The van der Waals surface area contributed by atoms with Gasteiger partial charge < -0.3 is 8.98 Å². The zero-order chi connectivity index (χ0) is 40.9. The van der Waals surface area contributed by atoms with Crippen LogP contribution in [0.1, 0.15) is 18.2 Å². The van der Waals surface area contributed by atoms with Gasteiger partial charge in [0.25, 0.3) is 0 Å². The van der Waals surface area contributed by atoms with E-state index in [1.54, 1.807) is 0 Å². The van der Waals surface area contributed by atoms with Crippen molar-refractivity contribution in [3.63, 3.8) is 0 Å². The molecule has 0 atom stereocenters. The van der Waals surface area contributed by atoms with E-state index in [4.69, 9.17) is 19.4 Å². The fraction of sp³-hybridized carbons (Fsp3) is 0.0179. The Morgan fingerprint density at radius 2 is 1.07 bits per heavy atom. The van der Waals surface area contributed by atoms with E-state index in [0.717, 1.165) is 78.0 Å². The van der Waals surface area contributed by atoms with E-state index < -0.39 is 0 Å². The second kappa shape index (κ2) is 14.9. The maximum atomic E-state index is 6.18. The zero-order valence-electron chi connectivity index (χ0n) is 33.5. The standard InChI is InChI=1S/C56H38N4O/c1-3-14-52-46(4-2)49-34-41(28-30-53(49)61-52)42-27-29-48-47-23-10-11-24-50(47)60(51(48)35-42)45-22-13-21-44(33-45)56-58-54(37-16-6-5-7-17-37)57-55(59-56)43-20-12-19-39(32-43)40-26-25-36-15-8-9-18-38(36)31-40/h3-35H,2H2,1H3/b14-3-. The maximum Gasteiger partial charge on any atom is 0.164 e. The van der Waals surface area contributed by atoms with Gasteiger partial charge in [0.15, 0.2) is 17.5 Å². The van der Waals surface area contributed by atoms with Crippen molar-refractivity contribution in [1.82, 2.24) is 19.5 Å². The van der Waals surface area contributed by atoms with Gasteiger partial charge in [-0.2, -0.15) is 0 Å². The number of aromatic nitrogens is 4. The highest BCUT2D eigenvalue weighted by Gasteiger charge is 2.18. The van der Waals surface area contributed by atoms with Crippen LogP contribution in [0.5, 0.6) is 0 Å². The Bertz CT molecular complexity index is 3520. The lowest BCUT2D eigenvalue weighted by molar-refractivity contribution is 0.603. The molecule has 0 unspecified atom stereocenters. The van der Waals surface area contributed by atoms with Gasteiger partial charge in [-0.05, 0) is 94.6 Å². The summed E-state index contributed by atoms with van der Waals surface area (Å²) in [5.41, 5.74) is 12.3. The highest BCUT2D eigenvalue weighted by molar-refractivity contribution is 6.10. The highest BCUT2D eigenvalue weighted by atomic mass is 16.3. The van der Waals surface area contributed by atoms with Gasteiger partial charge in [-0.1, -0.05) is 152 Å². The lowest BCUT2D eigenvalue weighted by atomic mass is 9.99. The van der Waals surface area contributed by atoms with Crippen molar-refractivity contribution in [3.05, 3.63) is 206 Å². The molecule has 8 aromatic carbocycles. The van der Waals surface area contributed by atoms with Gasteiger partial charge in [0, 0.05) is 44.1 Å². The molecule has 0 fully saturated rings. The molecule has 0 N–H and O–H groups in total. The predicted molar refractivity (Wildman–Crippen MR) is 253 cm³/mol. The van der Waals surface area contributed by atoms with E-state index >= 15 is 0 Å². The van der Waals surface area contributed by atoms with Gasteiger partial charge in [-0.25, -0.2) is 15.0 Å². The average Bonchev–Trinajstić information content (AvgIpc) is 3.85. The minimum Gasteiger partial charge on any atom is -0.456 e. The summed E-state index contributed by atoms with van der Waals surface area (Å²) in [6.45, 7) is 6.08. The molecule has 11 rings (SSSR count). The molecule has 0 amide bonds. The van der Waals surface area contributed by atoms with Crippen LogP contribution < -0.4 is 0 Å². The summed E-state index contributed by atoms with van der Waals surface area (Å²) in [5, 5.41) is 5.83. The Morgan fingerprint density at radius 1 is 0.459 bits per heavy atom. The van der Waals surface area contributed by atoms with E-state index in [9.17, 15) is 0 Å². The molecule has 0 aliphatic carbocycles. The van der Waals surface area contributed by atoms with Crippen LogP contribution in [0.2, 0.25) is 0 Å². The molecule has 0 spiro atoms. The van der Waals surface area contributed by atoms with Crippen LogP contribution in [-0.4, -0.2) is 19.5 Å². The van der Waals surface area contributed by atoms with E-state index in [1.807, 2.05) is 55.5 Å². The number of rotatable bonds is 8. The first kappa shape index (κ1) is 36.0. The first-order valence-electron chi connectivity index (χ1n) is 20.5. The zero-order valence-corrected chi connectivity index (χ0v) is 33.5. The fourth-order valence-corrected chi connectivity index (χ4v) is 8.57. The number of benzene rings is 8. The van der Waals surface area contributed by atoms with E-state index in [1.165, 1.54) is 21.5 Å². The molecule has 0 saturated carbocycles. The number of furan rings is 1. The van der Waals surface area contributed by atoms with Crippen LogP contribution in [0.3, 0.4) is 0 Å². The number of para-hydroxylation sites is 1. The summed E-state index contributed by atoms with van der Waals surface area (Å²) < 4.78 is 8.53. The van der Waals surface area contributed by atoms with Gasteiger partial charge in [0.05, 0.1) is 11.0 Å². The van der Waals surface area contributed by atoms with Crippen molar-refractivity contribution in [1.29, 1.82) is 0 Å². The van der Waals surface area contributed by atoms with Crippen molar-refractivity contribution in [2.24, 2.45) is 0 Å². The first-order valence-corrected chi connectivity index (χ1v) is 20.5. The van der Waals surface area contributed by atoms with E-state index in [0.29, 0.717) is 17.5 Å². The lowest BCUT2D eigenvalue weighted by Gasteiger charge is -2.12. The Morgan fingerprint density at radius 3 is 1.89 bits per heavy atom. The third-order valence-electron chi connectivity index (χ3n) is 11.5. The van der Waals surface area contributed by atoms with E-state index in [2.05, 4.69) is 163 Å². The SMILES string of the molecule is C=Cc1c(/C=C\C)oc2ccc(-c3ccc4c5ccccc5n(-c5cccc(-c6nc(-c7ccccc7)nc(-c7cccc(-c8ccc9ccccc9c8)c7)n6)c5)c4c3)cc12. The van der Waals surface area contributed by atoms with Crippen LogP contribution in [-0.2, 0) is 0 Å². The first-order chi connectivity index (χ1) is 30.1. The fourth-order valence-electron chi connectivity index (χ4n) is 8.57. The lowest BCUT2D eigenvalue weighted by Crippen LogP contribution is -2.01. The highest BCUT2D eigenvalue weighted by Crippen LogP contribution is 2.38. The van der Waals surface area contributed by atoms with Gasteiger partial charge in [0.1, 0.15) is 11.3 Å². The molecular formula is C56H38N4O. The van der Waals surface area contributed by atoms with Gasteiger partial charge in [0.2, 0.25) is 0 Å². The average molecular weight is 783 g/mol. The summed E-state index contributed by atoms with van der Waals surface area (Å²) in [5.74, 6) is 2.66. The Labute approximate surface area is 353 Å². The molecule has 0 aliphatic rings. The van der Waals surface area contributed by atoms with Crippen molar-refractivity contribution in [3.8, 4) is 62.1 Å². The van der Waals surface area contributed by atoms with Crippen LogP contribution in [0, 0.1) is 0 Å². The third-order valence-corrected chi connectivity index (χ3v) is 11.5. The molecule has 3 aromatic heterocycles. The van der Waals surface area contributed by atoms with Crippen LogP contribution in [0.15, 0.2) is 199 Å². The summed E-state index contributed by atoms with van der Waals surface area (Å²) in [6.07, 6.45) is 5.85. The number of nitrogens with zero attached hydrogens (tertiary/aromatic N) is 4. The molecule has 0 radical (unpaired) electrons. The van der Waals surface area contributed by atoms with Gasteiger partial charge in [-0.15, -0.1) is 0 Å². The van der Waals surface area contributed by atoms with Crippen LogP contribution >= 0.6 is 0 Å². The number of fused-ring (bicyclic) bond motifs is 5. The van der Waals surface area contributed by atoms with Gasteiger partial charge >= 0.3 is 0 Å². The molecule has 0 saturated heterocycles. The Kier molecular flexibility index (Phi) is 8.79. The quantitative estimate of drug-likeness (QED) is 0.154. The van der Waals surface area contributed by atoms with Gasteiger partial charge in [-0.3, -0.25) is 0 Å². The van der Waals surface area contributed by atoms with Crippen LogP contribution in [0.4, 0.5) is 0 Å². The maximum absolute atomic E-state index is 6.18. The Balaban J connectivity index is 1.04. The second-order valence-electron chi connectivity index (χ2n) is 15.2. The molecule has 0 aliphatic heterocycles. The minimum atomic E-state index is 0.604. The molecule has 5 nitrogen and oxygen atoms in total. The largest absolute Gasteiger partial charge is 0.456 e. The smallest absolute Gasteiger partial charge is 0.164 e. The normalized spacial score (nSPS) is 11.7. The summed E-state index contributed by atoms with van der Waals surface area (Å²) in [4.78, 5) is 15.4. The van der Waals surface area contributed by atoms with E-state index in [-0.39, 0.29) is 0 Å². The monoisotopic (exact) mass is 782 g/mol. The Hall–Kier alpha value is -8.15. The molecule has 61 heavy (non-hydrogen) atoms. The molecule has 0 bridgehead atoms. The minimum absolute atomic E-state index is 0.604. The predicted octanol–water partition coefficient (Wildman–Crippen LogP) is 14.9. The van der Waals surface area contributed by atoms with Crippen molar-refractivity contribution in [2.45, 2.75) is 6.92 Å². The third kappa shape index (κ3) is 6.40. The summed E-state index contributed by atoms with van der Waals surface area (Å²) in [6, 6.07) is 63.9. The summed E-state index contributed by atoms with van der Waals surface area (Å²) >= 11 is 0. The number of hydrogen-bond donors (Lipinski definition) is 0. The molecule has 11 aromatic rings. The molecular weight excluding hydrogens is 745 g/mol. The van der Waals surface area contributed by atoms with Crippen LogP contribution in [0.25, 0.3) is 118 Å². The van der Waals surface area contributed by atoms with Crippen molar-refractivity contribution in [2.75, 3.05) is 0 Å². The number of allylic oxidation sites excluding steroid dienone is 1. The topological polar surface area (TPSA) is 56.7 Å².